The fraction of sp³-hybridized carbons (Fsp3) is 0.462. The second-order valence-electron chi connectivity index (χ2n) is 4.30. The van der Waals surface area contributed by atoms with Crippen molar-refractivity contribution in [1.82, 2.24) is 0 Å². The molecule has 0 saturated carbocycles. The zero-order chi connectivity index (χ0) is 14.6. The maximum Gasteiger partial charge on any atom is 0.416 e. The zero-order valence-corrected chi connectivity index (χ0v) is 11.0. The van der Waals surface area contributed by atoms with Gasteiger partial charge in [0.15, 0.2) is 0 Å². The van der Waals surface area contributed by atoms with Crippen LogP contribution in [0.3, 0.4) is 0 Å². The molecule has 0 fully saturated rings. The summed E-state index contributed by atoms with van der Waals surface area (Å²) in [6, 6.07) is 3.72. The summed E-state index contributed by atoms with van der Waals surface area (Å²) in [4.78, 5) is 11.2. The average molecular weight is 275 g/mol. The normalized spacial score (nSPS) is 11.5. The Balaban J connectivity index is 3.09. The van der Waals surface area contributed by atoms with Crippen molar-refractivity contribution in [3.63, 3.8) is 0 Å². The smallest absolute Gasteiger partial charge is 0.416 e. The average Bonchev–Trinajstić information content (AvgIpc) is 2.27. The van der Waals surface area contributed by atoms with E-state index >= 15 is 0 Å². The number of ether oxygens (including phenoxy) is 1. The first-order valence-corrected chi connectivity index (χ1v) is 5.90. The van der Waals surface area contributed by atoms with Crippen LogP contribution in [0.2, 0.25) is 0 Å². The van der Waals surface area contributed by atoms with Gasteiger partial charge in [0.1, 0.15) is 0 Å². The van der Waals surface area contributed by atoms with E-state index in [0.29, 0.717) is 0 Å². The lowest BCUT2D eigenvalue weighted by Gasteiger charge is -2.17. The van der Waals surface area contributed by atoms with Crippen LogP contribution in [0.5, 0.6) is 0 Å². The summed E-state index contributed by atoms with van der Waals surface area (Å²) >= 11 is 0. The summed E-state index contributed by atoms with van der Waals surface area (Å²) in [7, 11) is 0. The third-order valence-corrected chi connectivity index (χ3v) is 2.50. The third-order valence-electron chi connectivity index (χ3n) is 2.50. The van der Waals surface area contributed by atoms with Crippen molar-refractivity contribution in [3.05, 3.63) is 29.3 Å². The van der Waals surface area contributed by atoms with Crippen LogP contribution in [0, 0.1) is 0 Å². The SMILES string of the molecule is CCOC(=O)Nc1ccc(C(C)C)c(C(F)(F)F)c1. The molecule has 1 rings (SSSR count). The van der Waals surface area contributed by atoms with Crippen LogP contribution in [0.1, 0.15) is 37.8 Å². The van der Waals surface area contributed by atoms with Gasteiger partial charge in [-0.25, -0.2) is 4.79 Å². The Morgan fingerprint density at radius 2 is 2.00 bits per heavy atom. The minimum absolute atomic E-state index is 0.0650. The second kappa shape index (κ2) is 5.95. The molecule has 0 aliphatic rings. The van der Waals surface area contributed by atoms with Crippen LogP contribution in [0.25, 0.3) is 0 Å². The van der Waals surface area contributed by atoms with Gasteiger partial charge < -0.3 is 4.74 Å². The second-order valence-corrected chi connectivity index (χ2v) is 4.30. The molecule has 0 aliphatic carbocycles. The van der Waals surface area contributed by atoms with Gasteiger partial charge in [0.25, 0.3) is 0 Å². The summed E-state index contributed by atoms with van der Waals surface area (Å²) in [6.45, 7) is 5.14. The Morgan fingerprint density at radius 3 is 2.47 bits per heavy atom. The Kier molecular flexibility index (Phi) is 4.80. The van der Waals surface area contributed by atoms with Gasteiger partial charge in [-0.3, -0.25) is 5.32 Å². The number of benzene rings is 1. The standard InChI is InChI=1S/C13H16F3NO2/c1-4-19-12(18)17-9-5-6-10(8(2)3)11(7-9)13(14,15)16/h5-8H,4H2,1-3H3,(H,17,18). The Hall–Kier alpha value is -1.72. The number of hydrogen-bond donors (Lipinski definition) is 1. The molecular weight excluding hydrogens is 259 g/mol. The lowest BCUT2D eigenvalue weighted by atomic mass is 9.96. The lowest BCUT2D eigenvalue weighted by molar-refractivity contribution is -0.138. The van der Waals surface area contributed by atoms with Crippen LogP contribution in [0.4, 0.5) is 23.7 Å². The van der Waals surface area contributed by atoms with Crippen molar-refractivity contribution in [1.29, 1.82) is 0 Å². The van der Waals surface area contributed by atoms with Crippen molar-refractivity contribution in [2.24, 2.45) is 0 Å². The van der Waals surface area contributed by atoms with Crippen molar-refractivity contribution in [3.8, 4) is 0 Å². The van der Waals surface area contributed by atoms with Crippen molar-refractivity contribution < 1.29 is 22.7 Å². The van der Waals surface area contributed by atoms with Gasteiger partial charge in [0, 0.05) is 5.69 Å². The van der Waals surface area contributed by atoms with Crippen LogP contribution in [-0.4, -0.2) is 12.7 Å². The zero-order valence-electron chi connectivity index (χ0n) is 11.0. The Bertz CT molecular complexity index is 456. The van der Waals surface area contributed by atoms with Crippen LogP contribution < -0.4 is 5.32 Å². The summed E-state index contributed by atoms with van der Waals surface area (Å²) in [5, 5.41) is 2.26. The number of hydrogen-bond acceptors (Lipinski definition) is 2. The number of anilines is 1. The molecule has 1 amide bonds. The highest BCUT2D eigenvalue weighted by molar-refractivity contribution is 5.84. The van der Waals surface area contributed by atoms with E-state index in [4.69, 9.17) is 0 Å². The molecule has 0 heterocycles. The number of nitrogens with one attached hydrogen (secondary N) is 1. The number of amides is 1. The molecule has 6 heteroatoms. The Labute approximate surface area is 109 Å². The Morgan fingerprint density at radius 1 is 1.37 bits per heavy atom. The quantitative estimate of drug-likeness (QED) is 0.888. The molecule has 0 saturated heterocycles. The predicted octanol–water partition coefficient (Wildman–Crippen LogP) is 4.40. The minimum atomic E-state index is -4.45. The molecule has 0 aromatic heterocycles. The maximum absolute atomic E-state index is 12.9. The van der Waals surface area contributed by atoms with Gasteiger partial charge in [-0.2, -0.15) is 13.2 Å². The fourth-order valence-electron chi connectivity index (χ4n) is 1.67. The molecule has 19 heavy (non-hydrogen) atoms. The van der Waals surface area contributed by atoms with Gasteiger partial charge in [-0.15, -0.1) is 0 Å². The first-order chi connectivity index (χ1) is 8.75. The number of halogens is 3. The monoisotopic (exact) mass is 275 g/mol. The first kappa shape index (κ1) is 15.3. The molecule has 1 N–H and O–H groups in total. The van der Waals surface area contributed by atoms with E-state index in [1.165, 1.54) is 12.1 Å². The third kappa shape index (κ3) is 4.15. The highest BCUT2D eigenvalue weighted by Crippen LogP contribution is 2.36. The van der Waals surface area contributed by atoms with E-state index in [9.17, 15) is 18.0 Å². The molecule has 0 aliphatic heterocycles. The topological polar surface area (TPSA) is 38.3 Å². The number of rotatable bonds is 3. The minimum Gasteiger partial charge on any atom is -0.450 e. The van der Waals surface area contributed by atoms with Crippen LogP contribution in [-0.2, 0) is 10.9 Å². The van der Waals surface area contributed by atoms with E-state index < -0.39 is 17.8 Å². The van der Waals surface area contributed by atoms with Gasteiger partial charge in [-0.1, -0.05) is 19.9 Å². The summed E-state index contributed by atoms with van der Waals surface area (Å²) in [6.07, 6.45) is -5.22. The summed E-state index contributed by atoms with van der Waals surface area (Å²) in [5.41, 5.74) is -0.478. The van der Waals surface area contributed by atoms with Crippen LogP contribution in [0.15, 0.2) is 18.2 Å². The molecular formula is C13H16F3NO2. The van der Waals surface area contributed by atoms with E-state index in [0.717, 1.165) is 6.07 Å². The summed E-state index contributed by atoms with van der Waals surface area (Å²) in [5.74, 6) is -0.256. The van der Waals surface area contributed by atoms with E-state index in [1.54, 1.807) is 20.8 Å². The molecule has 0 unspecified atom stereocenters. The first-order valence-electron chi connectivity index (χ1n) is 5.90. The highest BCUT2D eigenvalue weighted by Gasteiger charge is 2.34. The van der Waals surface area contributed by atoms with Gasteiger partial charge >= 0.3 is 12.3 Å². The fourth-order valence-corrected chi connectivity index (χ4v) is 1.67. The predicted molar refractivity (Wildman–Crippen MR) is 66.2 cm³/mol. The van der Waals surface area contributed by atoms with Crippen molar-refractivity contribution >= 4 is 11.8 Å². The molecule has 0 radical (unpaired) electrons. The van der Waals surface area contributed by atoms with E-state index in [2.05, 4.69) is 10.1 Å². The number of carbonyl (C=O) groups excluding carboxylic acids is 1. The van der Waals surface area contributed by atoms with Gasteiger partial charge in [0.05, 0.1) is 12.2 Å². The molecule has 1 aromatic carbocycles. The van der Waals surface area contributed by atoms with E-state index in [1.807, 2.05) is 0 Å². The maximum atomic E-state index is 12.9. The van der Waals surface area contributed by atoms with Gasteiger partial charge in [-0.05, 0) is 30.5 Å². The molecule has 0 atom stereocenters. The molecule has 106 valence electrons. The van der Waals surface area contributed by atoms with Gasteiger partial charge in [0.2, 0.25) is 0 Å². The van der Waals surface area contributed by atoms with Crippen LogP contribution >= 0.6 is 0 Å². The lowest BCUT2D eigenvalue weighted by Crippen LogP contribution is -2.15. The van der Waals surface area contributed by atoms with Crippen molar-refractivity contribution in [2.45, 2.75) is 32.9 Å². The van der Waals surface area contributed by atoms with E-state index in [-0.39, 0.29) is 23.8 Å². The highest BCUT2D eigenvalue weighted by atomic mass is 19.4. The largest absolute Gasteiger partial charge is 0.450 e. The molecule has 0 spiro atoms. The summed E-state index contributed by atoms with van der Waals surface area (Å²) < 4.78 is 43.4. The molecule has 0 bridgehead atoms. The van der Waals surface area contributed by atoms with Crippen molar-refractivity contribution in [2.75, 3.05) is 11.9 Å². The molecule has 3 nitrogen and oxygen atoms in total. The number of alkyl halides is 3. The molecule has 1 aromatic rings. The number of carbonyl (C=O) groups is 1.